The number of imidazole rings is 1. The number of pyridine rings is 1. The molecule has 1 aromatic carbocycles. The number of benzene rings is 1. The molecule has 2 heterocycles. The van der Waals surface area contributed by atoms with Crippen LogP contribution < -0.4 is 5.32 Å². The summed E-state index contributed by atoms with van der Waals surface area (Å²) < 4.78 is 24.4. The summed E-state index contributed by atoms with van der Waals surface area (Å²) in [5.74, 6) is -0.292. The number of rotatable bonds is 5. The predicted molar refractivity (Wildman–Crippen MR) is 96.4 cm³/mol. The first-order chi connectivity index (χ1) is 11.8. The van der Waals surface area contributed by atoms with E-state index in [9.17, 15) is 13.2 Å². The van der Waals surface area contributed by atoms with Crippen molar-refractivity contribution in [2.45, 2.75) is 12.3 Å². The molecule has 0 aliphatic carbocycles. The maximum absolute atomic E-state index is 12.2. The van der Waals surface area contributed by atoms with Crippen molar-refractivity contribution in [3.8, 4) is 0 Å². The molecule has 1 amide bonds. The smallest absolute Gasteiger partial charge is 0.251 e. The van der Waals surface area contributed by atoms with E-state index in [0.717, 1.165) is 5.65 Å². The van der Waals surface area contributed by atoms with Crippen LogP contribution >= 0.6 is 11.6 Å². The summed E-state index contributed by atoms with van der Waals surface area (Å²) in [5.41, 5.74) is 2.57. The zero-order valence-electron chi connectivity index (χ0n) is 13.4. The largest absolute Gasteiger partial charge is 0.346 e. The van der Waals surface area contributed by atoms with E-state index in [-0.39, 0.29) is 18.2 Å². The molecule has 0 saturated heterocycles. The van der Waals surface area contributed by atoms with E-state index in [4.69, 9.17) is 11.6 Å². The van der Waals surface area contributed by atoms with Crippen LogP contribution in [0.5, 0.6) is 0 Å². The Morgan fingerprint density at radius 3 is 2.56 bits per heavy atom. The molecule has 3 aromatic rings. The molecule has 0 aliphatic rings. The minimum atomic E-state index is -3.09. The average molecular weight is 378 g/mol. The standard InChI is InChI=1S/C17H16ClN3O3S/c1-25(23,24)11-12-2-4-13(5-3-12)17(22)19-8-15-10-21-9-14(18)6-7-16(21)20-15/h2-7,9-10H,8,11H2,1H3,(H,19,22). The van der Waals surface area contributed by atoms with Gasteiger partial charge in [-0.1, -0.05) is 23.7 Å². The topological polar surface area (TPSA) is 80.5 Å². The second-order valence-corrected chi connectivity index (χ2v) is 8.37. The second-order valence-electron chi connectivity index (χ2n) is 5.79. The fourth-order valence-electron chi connectivity index (χ4n) is 2.43. The maximum atomic E-state index is 12.2. The Balaban J connectivity index is 1.65. The van der Waals surface area contributed by atoms with Gasteiger partial charge in [-0.15, -0.1) is 0 Å². The van der Waals surface area contributed by atoms with Crippen molar-refractivity contribution in [2.24, 2.45) is 0 Å². The van der Waals surface area contributed by atoms with Gasteiger partial charge in [-0.05, 0) is 29.8 Å². The maximum Gasteiger partial charge on any atom is 0.251 e. The molecule has 0 spiro atoms. The lowest BCUT2D eigenvalue weighted by Gasteiger charge is -2.05. The summed E-state index contributed by atoms with van der Waals surface area (Å²) in [4.78, 5) is 16.6. The van der Waals surface area contributed by atoms with Crippen molar-refractivity contribution < 1.29 is 13.2 Å². The lowest BCUT2D eigenvalue weighted by Crippen LogP contribution is -2.22. The molecule has 8 heteroatoms. The van der Waals surface area contributed by atoms with Crippen molar-refractivity contribution in [2.75, 3.05) is 6.26 Å². The molecular weight excluding hydrogens is 362 g/mol. The Morgan fingerprint density at radius 2 is 1.88 bits per heavy atom. The summed E-state index contributed by atoms with van der Waals surface area (Å²) in [7, 11) is -3.09. The lowest BCUT2D eigenvalue weighted by molar-refractivity contribution is 0.0950. The van der Waals surface area contributed by atoms with Gasteiger partial charge in [-0.2, -0.15) is 0 Å². The summed E-state index contributed by atoms with van der Waals surface area (Å²) in [5, 5.41) is 3.40. The van der Waals surface area contributed by atoms with Crippen molar-refractivity contribution >= 4 is 33.0 Å². The van der Waals surface area contributed by atoms with Gasteiger partial charge < -0.3 is 9.72 Å². The minimum Gasteiger partial charge on any atom is -0.346 e. The van der Waals surface area contributed by atoms with Crippen molar-refractivity contribution in [1.82, 2.24) is 14.7 Å². The van der Waals surface area contributed by atoms with Crippen LogP contribution in [-0.4, -0.2) is 30.0 Å². The highest BCUT2D eigenvalue weighted by molar-refractivity contribution is 7.89. The van der Waals surface area contributed by atoms with Crippen LogP contribution in [0.15, 0.2) is 48.8 Å². The van der Waals surface area contributed by atoms with Crippen LogP contribution in [0.1, 0.15) is 21.6 Å². The Bertz CT molecular complexity index is 1030. The van der Waals surface area contributed by atoms with E-state index in [1.807, 2.05) is 0 Å². The molecule has 0 atom stereocenters. The predicted octanol–water partition coefficient (Wildman–Crippen LogP) is 2.46. The number of nitrogens with one attached hydrogen (secondary N) is 1. The number of amides is 1. The molecule has 3 rings (SSSR count). The number of carbonyl (C=O) groups is 1. The molecule has 0 unspecified atom stereocenters. The number of nitrogens with zero attached hydrogens (tertiary/aromatic N) is 2. The van der Waals surface area contributed by atoms with E-state index in [2.05, 4.69) is 10.3 Å². The number of sulfone groups is 1. The van der Waals surface area contributed by atoms with E-state index in [1.54, 1.807) is 53.2 Å². The number of halogens is 1. The SMILES string of the molecule is CS(=O)(=O)Cc1ccc(C(=O)NCc2cn3cc(Cl)ccc3n2)cc1. The third kappa shape index (κ3) is 4.58. The highest BCUT2D eigenvalue weighted by Gasteiger charge is 2.09. The van der Waals surface area contributed by atoms with Gasteiger partial charge in [0.2, 0.25) is 0 Å². The first kappa shape index (κ1) is 17.4. The van der Waals surface area contributed by atoms with Crippen LogP contribution in [0.3, 0.4) is 0 Å². The van der Waals surface area contributed by atoms with Crippen molar-refractivity contribution in [3.05, 3.63) is 70.6 Å². The van der Waals surface area contributed by atoms with Gasteiger partial charge in [0.05, 0.1) is 23.0 Å². The van der Waals surface area contributed by atoms with E-state index in [1.165, 1.54) is 6.26 Å². The van der Waals surface area contributed by atoms with Gasteiger partial charge in [0.15, 0.2) is 9.84 Å². The number of fused-ring (bicyclic) bond motifs is 1. The van der Waals surface area contributed by atoms with Gasteiger partial charge in [0.25, 0.3) is 5.91 Å². The Morgan fingerprint density at radius 1 is 1.16 bits per heavy atom. The molecule has 0 fully saturated rings. The Kier molecular flexibility index (Phi) is 4.78. The third-order valence-corrected chi connectivity index (χ3v) is 4.62. The number of hydrogen-bond donors (Lipinski definition) is 1. The monoisotopic (exact) mass is 377 g/mol. The first-order valence-electron chi connectivity index (χ1n) is 7.48. The first-order valence-corrected chi connectivity index (χ1v) is 9.92. The van der Waals surface area contributed by atoms with Crippen molar-refractivity contribution in [1.29, 1.82) is 0 Å². The number of aromatic nitrogens is 2. The summed E-state index contributed by atoms with van der Waals surface area (Å²) in [6.45, 7) is 0.281. The fourth-order valence-corrected chi connectivity index (χ4v) is 3.40. The number of carbonyl (C=O) groups excluding carboxylic acids is 1. The normalized spacial score (nSPS) is 11.6. The van der Waals surface area contributed by atoms with Gasteiger partial charge in [0, 0.05) is 24.2 Å². The quantitative estimate of drug-likeness (QED) is 0.740. The summed E-state index contributed by atoms with van der Waals surface area (Å²) in [6.07, 6.45) is 4.72. The van der Waals surface area contributed by atoms with Crippen LogP contribution in [-0.2, 0) is 22.1 Å². The second kappa shape index (κ2) is 6.85. The van der Waals surface area contributed by atoms with Crippen LogP contribution in [0.4, 0.5) is 0 Å². The number of hydrogen-bond acceptors (Lipinski definition) is 4. The van der Waals surface area contributed by atoms with Crippen LogP contribution in [0.25, 0.3) is 5.65 Å². The minimum absolute atomic E-state index is 0.0430. The molecule has 1 N–H and O–H groups in total. The molecule has 0 aliphatic heterocycles. The molecule has 6 nitrogen and oxygen atoms in total. The van der Waals surface area contributed by atoms with Gasteiger partial charge in [-0.3, -0.25) is 4.79 Å². The lowest BCUT2D eigenvalue weighted by atomic mass is 10.1. The van der Waals surface area contributed by atoms with E-state index < -0.39 is 9.84 Å². The zero-order valence-corrected chi connectivity index (χ0v) is 15.0. The van der Waals surface area contributed by atoms with Gasteiger partial charge >= 0.3 is 0 Å². The molecule has 0 bridgehead atoms. The third-order valence-electron chi connectivity index (χ3n) is 3.54. The van der Waals surface area contributed by atoms with E-state index in [0.29, 0.717) is 21.8 Å². The van der Waals surface area contributed by atoms with Gasteiger partial charge in [-0.25, -0.2) is 13.4 Å². The Hall–Kier alpha value is -2.38. The molecule has 0 radical (unpaired) electrons. The molecule has 0 saturated carbocycles. The zero-order chi connectivity index (χ0) is 18.0. The Labute approximate surface area is 150 Å². The van der Waals surface area contributed by atoms with Crippen LogP contribution in [0.2, 0.25) is 5.02 Å². The summed E-state index contributed by atoms with van der Waals surface area (Å²) >= 11 is 5.93. The van der Waals surface area contributed by atoms with E-state index >= 15 is 0 Å². The molecule has 25 heavy (non-hydrogen) atoms. The van der Waals surface area contributed by atoms with Crippen molar-refractivity contribution in [3.63, 3.8) is 0 Å². The molecule has 2 aromatic heterocycles. The molecular formula is C17H16ClN3O3S. The summed E-state index contributed by atoms with van der Waals surface area (Å²) in [6, 6.07) is 10.1. The fraction of sp³-hybridized carbons (Fsp3) is 0.176. The average Bonchev–Trinajstić information content (AvgIpc) is 2.93. The molecule has 130 valence electrons. The van der Waals surface area contributed by atoms with Crippen LogP contribution in [0, 0.1) is 0 Å². The highest BCUT2D eigenvalue weighted by atomic mass is 35.5. The van der Waals surface area contributed by atoms with Gasteiger partial charge in [0.1, 0.15) is 5.65 Å². The highest BCUT2D eigenvalue weighted by Crippen LogP contribution is 2.12.